The summed E-state index contributed by atoms with van der Waals surface area (Å²) in [5.41, 5.74) is 16.5. The maximum atomic E-state index is 7.16. The summed E-state index contributed by atoms with van der Waals surface area (Å²) in [6.45, 7) is 33.0. The van der Waals surface area contributed by atoms with Crippen LogP contribution in [0.4, 0.5) is 11.4 Å². The van der Waals surface area contributed by atoms with Crippen LogP contribution in [0, 0.1) is 0 Å². The summed E-state index contributed by atoms with van der Waals surface area (Å²) in [6.07, 6.45) is 4.37. The van der Waals surface area contributed by atoms with E-state index in [0.717, 1.165) is 39.4 Å². The van der Waals surface area contributed by atoms with Gasteiger partial charge in [-0.1, -0.05) is 200 Å². The van der Waals surface area contributed by atoms with Crippen LogP contribution in [0.15, 0.2) is 182 Å². The Morgan fingerprint density at radius 2 is 1.01 bits per heavy atom. The molecule has 10 rings (SSSR count). The zero-order chi connectivity index (χ0) is 53.2. The van der Waals surface area contributed by atoms with Gasteiger partial charge < -0.3 is 14.5 Å². The highest BCUT2D eigenvalue weighted by atomic mass is 16.5. The topological polar surface area (TPSA) is 33.5 Å². The fraction of sp³-hybridized carbons (Fsp3) is 0.300. The number of hydrogen-bond acceptors (Lipinski definition) is 4. The van der Waals surface area contributed by atoms with E-state index in [9.17, 15) is 0 Å². The molecule has 1 aliphatic heterocycles. The Balaban J connectivity index is 1.14. The van der Waals surface area contributed by atoms with Crippen LogP contribution < -0.4 is 14.5 Å². The van der Waals surface area contributed by atoms with Gasteiger partial charge in [-0.15, -0.1) is 0 Å². The van der Waals surface area contributed by atoms with Gasteiger partial charge in [0, 0.05) is 63.1 Å². The van der Waals surface area contributed by atoms with Crippen molar-refractivity contribution in [2.45, 2.75) is 130 Å². The molecule has 5 nitrogen and oxygen atoms in total. The van der Waals surface area contributed by atoms with Gasteiger partial charge in [0.2, 0.25) is 0 Å². The van der Waals surface area contributed by atoms with Crippen LogP contribution >= 0.6 is 0 Å². The molecule has 0 amide bonds. The van der Waals surface area contributed by atoms with Crippen LogP contribution in [0.5, 0.6) is 11.5 Å². The fourth-order valence-corrected chi connectivity index (χ4v) is 11.1. The Hall–Kier alpha value is -7.37. The molecule has 9 aromatic rings. The Kier molecular flexibility index (Phi) is 13.2. The molecule has 2 aromatic heterocycles. The van der Waals surface area contributed by atoms with E-state index < -0.39 is 0 Å². The van der Waals surface area contributed by atoms with Crippen LogP contribution in [0.25, 0.3) is 33.3 Å². The number of rotatable bonds is 12. The second-order valence-electron chi connectivity index (χ2n) is 24.7. The third-order valence-corrected chi connectivity index (χ3v) is 16.0. The van der Waals surface area contributed by atoms with E-state index in [0.29, 0.717) is 18.5 Å². The van der Waals surface area contributed by atoms with E-state index in [4.69, 9.17) is 9.72 Å². The zero-order valence-corrected chi connectivity index (χ0v) is 46.9. The fourth-order valence-electron chi connectivity index (χ4n) is 11.1. The maximum absolute atomic E-state index is 7.16. The highest BCUT2D eigenvalue weighted by molar-refractivity contribution is 6.09. The van der Waals surface area contributed by atoms with Crippen LogP contribution in [0.2, 0.25) is 0 Å². The van der Waals surface area contributed by atoms with Crippen molar-refractivity contribution in [1.82, 2.24) is 9.55 Å². The summed E-state index contributed by atoms with van der Waals surface area (Å²) in [7, 11) is 0. The van der Waals surface area contributed by atoms with Gasteiger partial charge in [-0.3, -0.25) is 4.57 Å². The molecule has 0 saturated heterocycles. The SMILES string of the molecule is CC(C)c1cccc(C(C)C)c1C1=CN(c2cc(C(C)(C)c3ccccc3)cc(C(C)(C)c3ccccc3)c2)CN1c1cc(Oc2ccc3c4ccccc4n(-c4cc(C(C)(C)C)ccn4)c3c2)cc(C(C)(C)C)c1. The number of benzene rings is 7. The first-order valence-corrected chi connectivity index (χ1v) is 27.1. The number of pyridine rings is 1. The van der Waals surface area contributed by atoms with E-state index in [-0.39, 0.29) is 21.7 Å². The second kappa shape index (κ2) is 19.4. The standard InChI is InChI=1S/C70H76N4O/c1-46(2)58-29-23-30-59(47(3)4)66(58)64-44-72(54-38-52(69(11,12)48-24-17-15-18-25-48)36-53(39-54)70(13,14)49-26-19-16-20-27-49)45-73(64)55-37-51(68(8,9)10)40-57(42-55)75-56-32-33-61-60-28-21-22-31-62(60)74(63(61)43-56)65-41-50(34-35-71-65)67(5,6)7/h15-44,46-47H,45H2,1-14H3. The third-order valence-electron chi connectivity index (χ3n) is 16.0. The summed E-state index contributed by atoms with van der Waals surface area (Å²) >= 11 is 0. The minimum Gasteiger partial charge on any atom is -0.457 e. The summed E-state index contributed by atoms with van der Waals surface area (Å²) in [5, 5.41) is 2.34. The second-order valence-corrected chi connectivity index (χ2v) is 24.7. The Labute approximate surface area is 447 Å². The molecule has 5 heteroatoms. The van der Waals surface area contributed by atoms with Crippen molar-refractivity contribution in [3.8, 4) is 17.3 Å². The molecular formula is C70H76N4O. The zero-order valence-electron chi connectivity index (χ0n) is 46.9. The highest BCUT2D eigenvalue weighted by Crippen LogP contribution is 2.46. The number of anilines is 2. The number of nitrogens with zero attached hydrogens (tertiary/aromatic N) is 4. The van der Waals surface area contributed by atoms with E-state index in [1.807, 2.05) is 6.20 Å². The van der Waals surface area contributed by atoms with Gasteiger partial charge in [-0.05, 0) is 122 Å². The van der Waals surface area contributed by atoms with Crippen LogP contribution in [-0.4, -0.2) is 16.2 Å². The van der Waals surface area contributed by atoms with Gasteiger partial charge in [-0.2, -0.15) is 0 Å². The molecule has 382 valence electrons. The number of para-hydroxylation sites is 1. The summed E-state index contributed by atoms with van der Waals surface area (Å²) < 4.78 is 9.45. The van der Waals surface area contributed by atoms with Crippen molar-refractivity contribution in [3.63, 3.8) is 0 Å². The first-order chi connectivity index (χ1) is 35.6. The normalized spacial score (nSPS) is 13.7. The van der Waals surface area contributed by atoms with Crippen molar-refractivity contribution in [1.29, 1.82) is 0 Å². The molecule has 0 bridgehead atoms. The van der Waals surface area contributed by atoms with Gasteiger partial charge in [0.1, 0.15) is 17.3 Å². The molecule has 0 N–H and O–H groups in total. The van der Waals surface area contributed by atoms with Crippen LogP contribution in [0.3, 0.4) is 0 Å². The first-order valence-electron chi connectivity index (χ1n) is 27.1. The van der Waals surface area contributed by atoms with Gasteiger partial charge >= 0.3 is 0 Å². The van der Waals surface area contributed by atoms with Gasteiger partial charge in [-0.25, -0.2) is 4.98 Å². The minimum atomic E-state index is -0.266. The lowest BCUT2D eigenvalue weighted by Crippen LogP contribution is -2.29. The smallest absolute Gasteiger partial charge is 0.137 e. The summed E-state index contributed by atoms with van der Waals surface area (Å²) in [6, 6.07) is 62.6. The molecule has 0 radical (unpaired) electrons. The molecular weight excluding hydrogens is 913 g/mol. The van der Waals surface area contributed by atoms with Crippen LogP contribution in [-0.2, 0) is 21.7 Å². The molecule has 75 heavy (non-hydrogen) atoms. The molecule has 1 aliphatic rings. The summed E-state index contributed by atoms with van der Waals surface area (Å²) in [5.74, 6) is 3.08. The predicted molar refractivity (Wildman–Crippen MR) is 318 cm³/mol. The van der Waals surface area contributed by atoms with E-state index >= 15 is 0 Å². The van der Waals surface area contributed by atoms with Crippen molar-refractivity contribution in [3.05, 3.63) is 232 Å². The summed E-state index contributed by atoms with van der Waals surface area (Å²) in [4.78, 5) is 10.0. The third kappa shape index (κ3) is 9.79. The lowest BCUT2D eigenvalue weighted by Gasteiger charge is -2.33. The highest BCUT2D eigenvalue weighted by Gasteiger charge is 2.34. The molecule has 0 aliphatic carbocycles. The molecule has 3 heterocycles. The lowest BCUT2D eigenvalue weighted by atomic mass is 9.73. The largest absolute Gasteiger partial charge is 0.457 e. The molecule has 7 aromatic carbocycles. The Bertz CT molecular complexity index is 3480. The molecule has 0 spiro atoms. The van der Waals surface area contributed by atoms with E-state index in [1.165, 1.54) is 66.8 Å². The first kappa shape index (κ1) is 51.1. The van der Waals surface area contributed by atoms with Gasteiger partial charge in [0.15, 0.2) is 0 Å². The molecule has 0 unspecified atom stereocenters. The maximum Gasteiger partial charge on any atom is 0.137 e. The van der Waals surface area contributed by atoms with Crippen molar-refractivity contribution in [2.24, 2.45) is 0 Å². The van der Waals surface area contributed by atoms with E-state index in [1.54, 1.807) is 0 Å². The number of ether oxygens (including phenoxy) is 1. The molecule has 0 atom stereocenters. The monoisotopic (exact) mass is 989 g/mol. The van der Waals surface area contributed by atoms with Gasteiger partial charge in [0.05, 0.1) is 23.4 Å². The number of fused-ring (bicyclic) bond motifs is 3. The van der Waals surface area contributed by atoms with Gasteiger partial charge in [0.25, 0.3) is 0 Å². The molecule has 0 fully saturated rings. The minimum absolute atomic E-state index is 0.0271. The average molecular weight is 989 g/mol. The van der Waals surface area contributed by atoms with Crippen molar-refractivity contribution in [2.75, 3.05) is 16.5 Å². The number of hydrogen-bond donors (Lipinski definition) is 0. The Morgan fingerprint density at radius 1 is 0.453 bits per heavy atom. The van der Waals surface area contributed by atoms with Crippen molar-refractivity contribution < 1.29 is 4.74 Å². The number of aromatic nitrogens is 2. The quantitative estimate of drug-likeness (QED) is 0.122. The lowest BCUT2D eigenvalue weighted by molar-refractivity contribution is 0.479. The Morgan fingerprint density at radius 3 is 1.60 bits per heavy atom. The molecule has 0 saturated carbocycles. The predicted octanol–water partition coefficient (Wildman–Crippen LogP) is 18.7. The average Bonchev–Trinajstić information content (AvgIpc) is 3.99. The van der Waals surface area contributed by atoms with E-state index in [2.05, 4.69) is 287 Å². The van der Waals surface area contributed by atoms with Crippen molar-refractivity contribution >= 4 is 38.9 Å². The van der Waals surface area contributed by atoms with Crippen LogP contribution in [0.1, 0.15) is 159 Å².